The number of amides is 1. The highest BCUT2D eigenvalue weighted by molar-refractivity contribution is 6.27. The maximum absolute atomic E-state index is 11.5. The van der Waals surface area contributed by atoms with Crippen LogP contribution in [0.15, 0.2) is 24.3 Å². The number of esters is 1. The van der Waals surface area contributed by atoms with Crippen LogP contribution in [0.25, 0.3) is 0 Å². The first-order valence-electron chi connectivity index (χ1n) is 5.28. The minimum atomic E-state index is -0.786. The number of hydrogen-bond acceptors (Lipinski definition) is 4. The van der Waals surface area contributed by atoms with Gasteiger partial charge in [0.25, 0.3) is 0 Å². The number of carbonyl (C=O) groups excluding carboxylic acids is 2. The second-order valence-electron chi connectivity index (χ2n) is 3.65. The van der Waals surface area contributed by atoms with E-state index >= 15 is 0 Å². The molecule has 0 spiro atoms. The summed E-state index contributed by atoms with van der Waals surface area (Å²) in [6.45, 7) is 0. The molecule has 0 fully saturated rings. The maximum Gasteiger partial charge on any atom is 0.328 e. The van der Waals surface area contributed by atoms with E-state index < -0.39 is 17.9 Å². The summed E-state index contributed by atoms with van der Waals surface area (Å²) in [6.07, 6.45) is 0.273. The van der Waals surface area contributed by atoms with Gasteiger partial charge in [-0.05, 0) is 17.7 Å². The number of phenols is 1. The quantitative estimate of drug-likeness (QED) is 0.614. The second kappa shape index (κ2) is 6.86. The number of ether oxygens (including phenoxy) is 1. The number of aromatic hydroxyl groups is 1. The molecule has 2 N–H and O–H groups in total. The molecular formula is C12H14ClNO4. The van der Waals surface area contributed by atoms with E-state index in [0.717, 1.165) is 5.56 Å². The number of phenolic OH excluding ortho intramolecular Hbond substituents is 1. The maximum atomic E-state index is 11.5. The number of benzene rings is 1. The molecule has 0 aliphatic heterocycles. The van der Waals surface area contributed by atoms with Gasteiger partial charge < -0.3 is 15.2 Å². The smallest absolute Gasteiger partial charge is 0.328 e. The fourth-order valence-electron chi connectivity index (χ4n) is 1.44. The summed E-state index contributed by atoms with van der Waals surface area (Å²) in [4.78, 5) is 22.7. The van der Waals surface area contributed by atoms with E-state index in [9.17, 15) is 9.59 Å². The first-order chi connectivity index (χ1) is 8.56. The van der Waals surface area contributed by atoms with Crippen LogP contribution in [0.5, 0.6) is 5.75 Å². The zero-order chi connectivity index (χ0) is 13.5. The highest BCUT2D eigenvalue weighted by Crippen LogP contribution is 2.11. The number of alkyl halides is 1. The lowest BCUT2D eigenvalue weighted by atomic mass is 10.1. The molecule has 5 nitrogen and oxygen atoms in total. The molecular weight excluding hydrogens is 258 g/mol. The van der Waals surface area contributed by atoms with Crippen molar-refractivity contribution in [3.05, 3.63) is 29.8 Å². The minimum Gasteiger partial charge on any atom is -0.508 e. The van der Waals surface area contributed by atoms with Crippen molar-refractivity contribution in [2.45, 2.75) is 12.5 Å². The van der Waals surface area contributed by atoms with Gasteiger partial charge in [0.2, 0.25) is 5.91 Å². The van der Waals surface area contributed by atoms with Gasteiger partial charge in [-0.2, -0.15) is 0 Å². The summed E-state index contributed by atoms with van der Waals surface area (Å²) in [5, 5.41) is 11.6. The van der Waals surface area contributed by atoms with Crippen LogP contribution in [0.3, 0.4) is 0 Å². The summed E-state index contributed by atoms with van der Waals surface area (Å²) in [5.41, 5.74) is 0.790. The largest absolute Gasteiger partial charge is 0.508 e. The van der Waals surface area contributed by atoms with Gasteiger partial charge in [-0.15, -0.1) is 11.6 Å². The first-order valence-corrected chi connectivity index (χ1v) is 5.81. The van der Waals surface area contributed by atoms with Crippen LogP contribution in [-0.2, 0) is 20.7 Å². The standard InChI is InChI=1S/C12H14ClNO4/c1-18-12(17)10(14-11(16)7-13)6-8-2-4-9(15)5-3-8/h2-5,10,15H,6-7H2,1H3,(H,14,16)/t10-/m0/s1. The third kappa shape index (κ3) is 4.25. The average Bonchev–Trinajstić information content (AvgIpc) is 2.39. The molecule has 0 heterocycles. The van der Waals surface area contributed by atoms with Gasteiger partial charge in [-0.1, -0.05) is 12.1 Å². The van der Waals surface area contributed by atoms with Gasteiger partial charge in [0.05, 0.1) is 7.11 Å². The normalized spacial score (nSPS) is 11.7. The Balaban J connectivity index is 2.74. The lowest BCUT2D eigenvalue weighted by molar-refractivity contribution is -0.144. The Morgan fingerprint density at radius 1 is 1.39 bits per heavy atom. The van der Waals surface area contributed by atoms with E-state index in [0.29, 0.717) is 0 Å². The van der Waals surface area contributed by atoms with Crippen molar-refractivity contribution in [3.8, 4) is 5.75 Å². The molecule has 0 bridgehead atoms. The van der Waals surface area contributed by atoms with Crippen LogP contribution < -0.4 is 5.32 Å². The number of rotatable bonds is 5. The molecule has 1 rings (SSSR count). The monoisotopic (exact) mass is 271 g/mol. The van der Waals surface area contributed by atoms with Crippen molar-refractivity contribution >= 4 is 23.5 Å². The minimum absolute atomic E-state index is 0.137. The molecule has 98 valence electrons. The van der Waals surface area contributed by atoms with Gasteiger partial charge in [0.15, 0.2) is 0 Å². The highest BCUT2D eigenvalue weighted by Gasteiger charge is 2.21. The first kappa shape index (κ1) is 14.3. The van der Waals surface area contributed by atoms with Gasteiger partial charge in [-0.25, -0.2) is 4.79 Å². The predicted octanol–water partition coefficient (Wildman–Crippen LogP) is 0.831. The van der Waals surface area contributed by atoms with E-state index in [1.54, 1.807) is 12.1 Å². The van der Waals surface area contributed by atoms with E-state index in [2.05, 4.69) is 10.1 Å². The summed E-state index contributed by atoms with van der Waals surface area (Å²) >= 11 is 5.37. The van der Waals surface area contributed by atoms with Crippen LogP contribution >= 0.6 is 11.6 Å². The van der Waals surface area contributed by atoms with Gasteiger partial charge in [-0.3, -0.25) is 4.79 Å². The Morgan fingerprint density at radius 3 is 2.50 bits per heavy atom. The third-order valence-electron chi connectivity index (χ3n) is 2.32. The van der Waals surface area contributed by atoms with Crippen molar-refractivity contribution in [2.24, 2.45) is 0 Å². The summed E-state index contributed by atoms with van der Waals surface area (Å²) in [7, 11) is 1.25. The molecule has 0 unspecified atom stereocenters. The number of nitrogens with one attached hydrogen (secondary N) is 1. The molecule has 0 aliphatic carbocycles. The molecule has 18 heavy (non-hydrogen) atoms. The Bertz CT molecular complexity index is 419. The Kier molecular flexibility index (Phi) is 5.45. The molecule has 1 atom stereocenters. The van der Waals surface area contributed by atoms with Crippen LogP contribution in [0, 0.1) is 0 Å². The van der Waals surface area contributed by atoms with Crippen molar-refractivity contribution in [1.29, 1.82) is 0 Å². The lowest BCUT2D eigenvalue weighted by Gasteiger charge is -2.15. The topological polar surface area (TPSA) is 75.6 Å². The average molecular weight is 272 g/mol. The fraction of sp³-hybridized carbons (Fsp3) is 0.333. The highest BCUT2D eigenvalue weighted by atomic mass is 35.5. The van der Waals surface area contributed by atoms with Crippen LogP contribution in [0.4, 0.5) is 0 Å². The van der Waals surface area contributed by atoms with E-state index in [1.807, 2.05) is 0 Å². The Hall–Kier alpha value is -1.75. The molecule has 6 heteroatoms. The van der Waals surface area contributed by atoms with E-state index in [-0.39, 0.29) is 18.1 Å². The third-order valence-corrected chi connectivity index (χ3v) is 2.56. The van der Waals surface area contributed by atoms with Crippen molar-refractivity contribution in [2.75, 3.05) is 13.0 Å². The SMILES string of the molecule is COC(=O)[C@H](Cc1ccc(O)cc1)NC(=O)CCl. The van der Waals surface area contributed by atoms with Crippen molar-refractivity contribution in [3.63, 3.8) is 0 Å². The van der Waals surface area contributed by atoms with Crippen molar-refractivity contribution < 1.29 is 19.4 Å². The molecule has 1 amide bonds. The molecule has 0 saturated carbocycles. The summed E-state index contributed by atoms with van der Waals surface area (Å²) < 4.78 is 4.61. The molecule has 1 aromatic rings. The van der Waals surface area contributed by atoms with Crippen LogP contribution in [-0.4, -0.2) is 36.0 Å². The zero-order valence-corrected chi connectivity index (χ0v) is 10.6. The Morgan fingerprint density at radius 2 is 2.00 bits per heavy atom. The van der Waals surface area contributed by atoms with Crippen LogP contribution in [0.2, 0.25) is 0 Å². The molecule has 0 saturated heterocycles. The number of carbonyl (C=O) groups is 2. The molecule has 1 aromatic carbocycles. The summed E-state index contributed by atoms with van der Waals surface area (Å²) in [6, 6.07) is 5.56. The van der Waals surface area contributed by atoms with Gasteiger partial charge in [0.1, 0.15) is 17.7 Å². The number of hydrogen-bond donors (Lipinski definition) is 2. The zero-order valence-electron chi connectivity index (χ0n) is 9.85. The number of methoxy groups -OCH3 is 1. The van der Waals surface area contributed by atoms with E-state index in [1.165, 1.54) is 19.2 Å². The molecule has 0 radical (unpaired) electrons. The second-order valence-corrected chi connectivity index (χ2v) is 3.91. The van der Waals surface area contributed by atoms with Gasteiger partial charge in [0, 0.05) is 6.42 Å². The Labute approximate surface area is 110 Å². The van der Waals surface area contributed by atoms with Crippen LogP contribution in [0.1, 0.15) is 5.56 Å². The molecule has 0 aromatic heterocycles. The summed E-state index contributed by atoms with van der Waals surface area (Å²) in [5.74, 6) is -1.06. The predicted molar refractivity (Wildman–Crippen MR) is 66.5 cm³/mol. The van der Waals surface area contributed by atoms with E-state index in [4.69, 9.17) is 16.7 Å². The number of halogens is 1. The molecule has 0 aliphatic rings. The lowest BCUT2D eigenvalue weighted by Crippen LogP contribution is -2.43. The van der Waals surface area contributed by atoms with Gasteiger partial charge >= 0.3 is 5.97 Å². The fourth-order valence-corrected chi connectivity index (χ4v) is 1.51. The van der Waals surface area contributed by atoms with Crippen molar-refractivity contribution in [1.82, 2.24) is 5.32 Å².